The fraction of sp³-hybridized carbons (Fsp3) is 0.385. The third-order valence-electron chi connectivity index (χ3n) is 2.13. The van der Waals surface area contributed by atoms with Crippen molar-refractivity contribution in [2.24, 2.45) is 0 Å². The Morgan fingerprint density at radius 2 is 2.24 bits per heavy atom. The van der Waals surface area contributed by atoms with Gasteiger partial charge in [0, 0.05) is 4.90 Å². The summed E-state index contributed by atoms with van der Waals surface area (Å²) in [7, 11) is 0. The molecule has 1 rings (SSSR count). The monoisotopic (exact) mass is 249 g/mol. The molecule has 1 aromatic carbocycles. The van der Waals surface area contributed by atoms with Gasteiger partial charge in [0.2, 0.25) is 0 Å². The smallest absolute Gasteiger partial charge is 0.339 e. The molecule has 4 heteroatoms. The molecule has 0 saturated carbocycles. The van der Waals surface area contributed by atoms with Gasteiger partial charge in [0.15, 0.2) is 0 Å². The Balaban J connectivity index is 2.68. The van der Waals surface area contributed by atoms with Gasteiger partial charge in [-0.15, -0.1) is 11.8 Å². The summed E-state index contributed by atoms with van der Waals surface area (Å²) >= 11 is 1.35. The van der Waals surface area contributed by atoms with Crippen molar-refractivity contribution in [2.75, 3.05) is 12.4 Å². The molecular formula is C13H15NO2S. The number of rotatable bonds is 6. The molecule has 3 nitrogen and oxygen atoms in total. The van der Waals surface area contributed by atoms with Crippen LogP contribution in [0.15, 0.2) is 29.2 Å². The van der Waals surface area contributed by atoms with Gasteiger partial charge in [-0.1, -0.05) is 25.5 Å². The van der Waals surface area contributed by atoms with E-state index in [-0.39, 0.29) is 5.97 Å². The van der Waals surface area contributed by atoms with Gasteiger partial charge in [0.25, 0.3) is 0 Å². The zero-order chi connectivity index (χ0) is 12.5. The first kappa shape index (κ1) is 13.6. The number of hydrogen-bond donors (Lipinski definition) is 0. The van der Waals surface area contributed by atoms with Crippen molar-refractivity contribution >= 4 is 17.7 Å². The van der Waals surface area contributed by atoms with Crippen LogP contribution in [-0.2, 0) is 4.74 Å². The SMILES string of the molecule is CCCCOC(=O)c1ccccc1SCC#N. The van der Waals surface area contributed by atoms with Crippen LogP contribution in [0.3, 0.4) is 0 Å². The number of nitriles is 1. The maximum absolute atomic E-state index is 11.8. The Hall–Kier alpha value is -1.47. The molecule has 0 unspecified atom stereocenters. The van der Waals surface area contributed by atoms with Crippen molar-refractivity contribution in [1.29, 1.82) is 5.26 Å². The van der Waals surface area contributed by atoms with Gasteiger partial charge < -0.3 is 4.74 Å². The summed E-state index contributed by atoms with van der Waals surface area (Å²) in [4.78, 5) is 12.6. The van der Waals surface area contributed by atoms with Crippen molar-refractivity contribution in [2.45, 2.75) is 24.7 Å². The molecule has 0 bridgehead atoms. The minimum absolute atomic E-state index is 0.306. The number of nitrogens with zero attached hydrogens (tertiary/aromatic N) is 1. The highest BCUT2D eigenvalue weighted by atomic mass is 32.2. The number of benzene rings is 1. The van der Waals surface area contributed by atoms with Crippen molar-refractivity contribution in [3.63, 3.8) is 0 Å². The van der Waals surface area contributed by atoms with Crippen LogP contribution in [0.1, 0.15) is 30.1 Å². The first-order valence-corrected chi connectivity index (χ1v) is 6.54. The number of unbranched alkanes of at least 4 members (excludes halogenated alkanes) is 1. The molecule has 0 radical (unpaired) electrons. The highest BCUT2D eigenvalue weighted by Crippen LogP contribution is 2.22. The van der Waals surface area contributed by atoms with Crippen molar-refractivity contribution in [3.05, 3.63) is 29.8 Å². The number of carbonyl (C=O) groups excluding carboxylic acids is 1. The average molecular weight is 249 g/mol. The molecule has 0 saturated heterocycles. The summed E-state index contributed by atoms with van der Waals surface area (Å²) in [5.74, 6) is 0.0266. The molecule has 0 aromatic heterocycles. The summed E-state index contributed by atoms with van der Waals surface area (Å²) in [6.07, 6.45) is 1.87. The fourth-order valence-electron chi connectivity index (χ4n) is 1.26. The molecule has 90 valence electrons. The van der Waals surface area contributed by atoms with Gasteiger partial charge in [-0.05, 0) is 18.6 Å². The van der Waals surface area contributed by atoms with Gasteiger partial charge in [0.05, 0.1) is 24.0 Å². The van der Waals surface area contributed by atoms with Crippen LogP contribution < -0.4 is 0 Å². The topological polar surface area (TPSA) is 50.1 Å². The molecular weight excluding hydrogens is 234 g/mol. The summed E-state index contributed by atoms with van der Waals surface area (Å²) in [5.41, 5.74) is 0.545. The Labute approximate surface area is 106 Å². The second-order valence-electron chi connectivity index (χ2n) is 3.43. The van der Waals surface area contributed by atoms with Crippen molar-refractivity contribution < 1.29 is 9.53 Å². The number of esters is 1. The average Bonchev–Trinajstić information content (AvgIpc) is 2.37. The second-order valence-corrected chi connectivity index (χ2v) is 4.45. The number of carbonyl (C=O) groups is 1. The predicted octanol–water partition coefficient (Wildman–Crippen LogP) is 3.26. The molecule has 0 aliphatic heterocycles. The molecule has 17 heavy (non-hydrogen) atoms. The Kier molecular flexibility index (Phi) is 6.19. The van der Waals surface area contributed by atoms with E-state index >= 15 is 0 Å². The third-order valence-corrected chi connectivity index (χ3v) is 3.07. The maximum Gasteiger partial charge on any atom is 0.339 e. The van der Waals surface area contributed by atoms with Gasteiger partial charge in [-0.2, -0.15) is 5.26 Å². The minimum atomic E-state index is -0.306. The van der Waals surface area contributed by atoms with Crippen LogP contribution >= 0.6 is 11.8 Å². The normalized spacial score (nSPS) is 9.65. The molecule has 0 amide bonds. The molecule has 0 aliphatic carbocycles. The van der Waals surface area contributed by atoms with E-state index in [1.54, 1.807) is 12.1 Å². The van der Waals surface area contributed by atoms with Crippen LogP contribution in [0.2, 0.25) is 0 Å². The van der Waals surface area contributed by atoms with E-state index in [1.807, 2.05) is 25.1 Å². The lowest BCUT2D eigenvalue weighted by molar-refractivity contribution is 0.0495. The second kappa shape index (κ2) is 7.75. The van der Waals surface area contributed by atoms with Gasteiger partial charge in [0.1, 0.15) is 0 Å². The molecule has 1 aromatic rings. The Morgan fingerprint density at radius 1 is 1.47 bits per heavy atom. The lowest BCUT2D eigenvalue weighted by Gasteiger charge is -2.07. The number of ether oxygens (including phenoxy) is 1. The standard InChI is InChI=1S/C13H15NO2S/c1-2-3-9-16-13(15)11-6-4-5-7-12(11)17-10-8-14/h4-7H,2-3,9-10H2,1H3. The van der Waals surface area contributed by atoms with Crippen LogP contribution in [0.4, 0.5) is 0 Å². The van der Waals surface area contributed by atoms with E-state index in [4.69, 9.17) is 10.00 Å². The summed E-state index contributed by atoms with van der Waals surface area (Å²) < 4.78 is 5.15. The highest BCUT2D eigenvalue weighted by Gasteiger charge is 2.12. The summed E-state index contributed by atoms with van der Waals surface area (Å²) in [6.45, 7) is 2.50. The first-order chi connectivity index (χ1) is 8.29. The molecule has 0 fully saturated rings. The van der Waals surface area contributed by atoms with Crippen molar-refractivity contribution in [3.8, 4) is 6.07 Å². The largest absolute Gasteiger partial charge is 0.462 e. The van der Waals surface area contributed by atoms with Gasteiger partial charge in [-0.3, -0.25) is 0 Å². The van der Waals surface area contributed by atoms with E-state index < -0.39 is 0 Å². The van der Waals surface area contributed by atoms with Crippen LogP contribution in [-0.4, -0.2) is 18.3 Å². The summed E-state index contributed by atoms with van der Waals surface area (Å²) in [6, 6.07) is 9.26. The number of hydrogen-bond acceptors (Lipinski definition) is 4. The van der Waals surface area contributed by atoms with E-state index in [1.165, 1.54) is 11.8 Å². The molecule has 0 heterocycles. The summed E-state index contributed by atoms with van der Waals surface area (Å²) in [5, 5.41) is 8.54. The molecule has 0 N–H and O–H groups in total. The van der Waals surface area contributed by atoms with E-state index in [0.717, 1.165) is 17.7 Å². The lowest BCUT2D eigenvalue weighted by atomic mass is 10.2. The maximum atomic E-state index is 11.8. The minimum Gasteiger partial charge on any atom is -0.462 e. The third kappa shape index (κ3) is 4.49. The highest BCUT2D eigenvalue weighted by molar-refractivity contribution is 7.99. The van der Waals surface area contributed by atoms with E-state index in [0.29, 0.717) is 17.9 Å². The Morgan fingerprint density at radius 3 is 2.94 bits per heavy atom. The van der Waals surface area contributed by atoms with Crippen LogP contribution in [0.5, 0.6) is 0 Å². The van der Waals surface area contributed by atoms with Crippen molar-refractivity contribution in [1.82, 2.24) is 0 Å². The van der Waals surface area contributed by atoms with Crippen LogP contribution in [0, 0.1) is 11.3 Å². The van der Waals surface area contributed by atoms with Gasteiger partial charge in [-0.25, -0.2) is 4.79 Å². The zero-order valence-electron chi connectivity index (χ0n) is 9.81. The number of thioether (sulfide) groups is 1. The molecule has 0 aliphatic rings. The molecule has 0 atom stereocenters. The van der Waals surface area contributed by atoms with E-state index in [9.17, 15) is 4.79 Å². The van der Waals surface area contributed by atoms with Gasteiger partial charge >= 0.3 is 5.97 Å². The van der Waals surface area contributed by atoms with E-state index in [2.05, 4.69) is 0 Å². The van der Waals surface area contributed by atoms with Crippen LogP contribution in [0.25, 0.3) is 0 Å². The first-order valence-electron chi connectivity index (χ1n) is 5.55. The zero-order valence-corrected chi connectivity index (χ0v) is 10.6. The lowest BCUT2D eigenvalue weighted by Crippen LogP contribution is -2.07. The predicted molar refractivity (Wildman–Crippen MR) is 68.0 cm³/mol. The molecule has 0 spiro atoms. The fourth-order valence-corrected chi connectivity index (χ4v) is 1.96. The Bertz CT molecular complexity index is 412. The quantitative estimate of drug-likeness (QED) is 0.441.